The standard InChI is InChI=1S/C10H16N4O4/c1-7(2)9(15)4-11-10(16)6-13-5-8(3-12-13)14(17)18/h3,5,7,9,15H,4,6H2,1-2H3,(H,11,16). The summed E-state index contributed by atoms with van der Waals surface area (Å²) in [4.78, 5) is 21.3. The lowest BCUT2D eigenvalue weighted by Gasteiger charge is -2.14. The maximum Gasteiger partial charge on any atom is 0.307 e. The Hall–Kier alpha value is -1.96. The Morgan fingerprint density at radius 2 is 2.33 bits per heavy atom. The topological polar surface area (TPSA) is 110 Å². The maximum absolute atomic E-state index is 11.5. The summed E-state index contributed by atoms with van der Waals surface area (Å²) in [5.41, 5.74) is -0.162. The van der Waals surface area contributed by atoms with Gasteiger partial charge in [-0.3, -0.25) is 19.6 Å². The number of carbonyl (C=O) groups is 1. The Morgan fingerprint density at radius 1 is 1.67 bits per heavy atom. The van der Waals surface area contributed by atoms with Gasteiger partial charge in [0, 0.05) is 6.54 Å². The minimum atomic E-state index is -0.610. The lowest BCUT2D eigenvalue weighted by molar-refractivity contribution is -0.385. The van der Waals surface area contributed by atoms with Gasteiger partial charge in [0.1, 0.15) is 18.9 Å². The summed E-state index contributed by atoms with van der Waals surface area (Å²) in [7, 11) is 0. The van der Waals surface area contributed by atoms with Gasteiger partial charge in [0.2, 0.25) is 5.91 Å². The van der Waals surface area contributed by atoms with E-state index in [1.54, 1.807) is 0 Å². The molecule has 0 aromatic carbocycles. The Labute approximate surface area is 104 Å². The summed E-state index contributed by atoms with van der Waals surface area (Å²) in [5, 5.41) is 26.1. The second-order valence-corrected chi connectivity index (χ2v) is 4.27. The molecule has 1 aromatic rings. The molecule has 0 saturated heterocycles. The van der Waals surface area contributed by atoms with Crippen LogP contribution in [0.2, 0.25) is 0 Å². The molecule has 1 heterocycles. The fraction of sp³-hybridized carbons (Fsp3) is 0.600. The van der Waals surface area contributed by atoms with E-state index in [1.807, 2.05) is 13.8 Å². The zero-order chi connectivity index (χ0) is 13.7. The smallest absolute Gasteiger partial charge is 0.307 e. The molecule has 0 spiro atoms. The second kappa shape index (κ2) is 6.10. The van der Waals surface area contributed by atoms with Crippen LogP contribution in [0.15, 0.2) is 12.4 Å². The minimum Gasteiger partial charge on any atom is -0.391 e. The quantitative estimate of drug-likeness (QED) is 0.546. The fourth-order valence-corrected chi connectivity index (χ4v) is 1.19. The molecule has 0 bridgehead atoms. The van der Waals surface area contributed by atoms with Gasteiger partial charge in [0.05, 0.1) is 11.0 Å². The predicted molar refractivity (Wildman–Crippen MR) is 62.7 cm³/mol. The Bertz CT molecular complexity index is 429. The van der Waals surface area contributed by atoms with Gasteiger partial charge in [-0.15, -0.1) is 0 Å². The van der Waals surface area contributed by atoms with Crippen molar-refractivity contribution in [2.75, 3.05) is 6.54 Å². The summed E-state index contributed by atoms with van der Waals surface area (Å²) in [6.45, 7) is 3.72. The molecule has 0 aliphatic rings. The second-order valence-electron chi connectivity index (χ2n) is 4.27. The van der Waals surface area contributed by atoms with Crippen molar-refractivity contribution in [2.24, 2.45) is 5.92 Å². The van der Waals surface area contributed by atoms with Crippen molar-refractivity contribution in [1.29, 1.82) is 0 Å². The van der Waals surface area contributed by atoms with Crippen molar-refractivity contribution >= 4 is 11.6 Å². The van der Waals surface area contributed by atoms with Crippen molar-refractivity contribution in [1.82, 2.24) is 15.1 Å². The number of nitrogens with one attached hydrogen (secondary N) is 1. The number of aliphatic hydroxyl groups is 1. The van der Waals surface area contributed by atoms with Gasteiger partial charge in [0.25, 0.3) is 0 Å². The van der Waals surface area contributed by atoms with Crippen LogP contribution in [0, 0.1) is 16.0 Å². The molecule has 1 aromatic heterocycles. The zero-order valence-electron chi connectivity index (χ0n) is 10.2. The molecule has 1 amide bonds. The number of aliphatic hydroxyl groups excluding tert-OH is 1. The monoisotopic (exact) mass is 256 g/mol. The number of rotatable bonds is 6. The number of nitro groups is 1. The summed E-state index contributed by atoms with van der Waals surface area (Å²) in [6, 6.07) is 0. The predicted octanol–water partition coefficient (Wildman–Crippen LogP) is -0.0756. The molecular weight excluding hydrogens is 240 g/mol. The van der Waals surface area contributed by atoms with Crippen LogP contribution < -0.4 is 5.32 Å². The van der Waals surface area contributed by atoms with E-state index in [0.717, 1.165) is 6.20 Å². The van der Waals surface area contributed by atoms with E-state index in [0.29, 0.717) is 0 Å². The maximum atomic E-state index is 11.5. The molecule has 8 heteroatoms. The Kier molecular flexibility index (Phi) is 4.78. The summed E-state index contributed by atoms with van der Waals surface area (Å²) in [6.07, 6.45) is 1.65. The largest absolute Gasteiger partial charge is 0.391 e. The summed E-state index contributed by atoms with van der Waals surface area (Å²) < 4.78 is 1.18. The van der Waals surface area contributed by atoms with Crippen molar-refractivity contribution in [3.8, 4) is 0 Å². The molecule has 18 heavy (non-hydrogen) atoms. The Morgan fingerprint density at radius 3 is 2.83 bits per heavy atom. The van der Waals surface area contributed by atoms with Crippen molar-refractivity contribution in [3.05, 3.63) is 22.5 Å². The first-order valence-electron chi connectivity index (χ1n) is 5.51. The molecule has 0 aliphatic carbocycles. The molecule has 0 aliphatic heterocycles. The molecule has 100 valence electrons. The van der Waals surface area contributed by atoms with E-state index < -0.39 is 11.0 Å². The number of carbonyl (C=O) groups excluding carboxylic acids is 1. The SMILES string of the molecule is CC(C)C(O)CNC(=O)Cn1cc([N+](=O)[O-])cn1. The van der Waals surface area contributed by atoms with Crippen molar-refractivity contribution in [2.45, 2.75) is 26.5 Å². The van der Waals surface area contributed by atoms with Crippen LogP contribution in [-0.2, 0) is 11.3 Å². The van der Waals surface area contributed by atoms with Crippen LogP contribution in [0.25, 0.3) is 0 Å². The highest BCUT2D eigenvalue weighted by atomic mass is 16.6. The van der Waals surface area contributed by atoms with E-state index in [4.69, 9.17) is 0 Å². The van der Waals surface area contributed by atoms with Crippen LogP contribution in [0.1, 0.15) is 13.8 Å². The molecule has 0 saturated carbocycles. The van der Waals surface area contributed by atoms with E-state index >= 15 is 0 Å². The number of aromatic nitrogens is 2. The van der Waals surface area contributed by atoms with Crippen LogP contribution in [-0.4, -0.2) is 38.4 Å². The molecule has 1 unspecified atom stereocenters. The van der Waals surface area contributed by atoms with Crippen LogP contribution >= 0.6 is 0 Å². The summed E-state index contributed by atoms with van der Waals surface area (Å²) >= 11 is 0. The average Bonchev–Trinajstić information content (AvgIpc) is 2.74. The summed E-state index contributed by atoms with van der Waals surface area (Å²) in [5.74, 6) is -0.302. The van der Waals surface area contributed by atoms with Crippen molar-refractivity contribution < 1.29 is 14.8 Å². The molecule has 0 radical (unpaired) electrons. The highest BCUT2D eigenvalue weighted by Crippen LogP contribution is 2.07. The van der Waals surface area contributed by atoms with Gasteiger partial charge in [-0.1, -0.05) is 13.8 Å². The number of amides is 1. The fourth-order valence-electron chi connectivity index (χ4n) is 1.19. The molecule has 8 nitrogen and oxygen atoms in total. The highest BCUT2D eigenvalue weighted by molar-refractivity contribution is 5.75. The van der Waals surface area contributed by atoms with E-state index in [9.17, 15) is 20.0 Å². The number of hydrogen-bond donors (Lipinski definition) is 2. The number of nitrogens with zero attached hydrogens (tertiary/aromatic N) is 3. The third kappa shape index (κ3) is 4.13. The van der Waals surface area contributed by atoms with E-state index in [-0.39, 0.29) is 30.6 Å². The lowest BCUT2D eigenvalue weighted by atomic mass is 10.1. The van der Waals surface area contributed by atoms with Crippen molar-refractivity contribution in [3.63, 3.8) is 0 Å². The lowest BCUT2D eigenvalue weighted by Crippen LogP contribution is -2.36. The normalized spacial score (nSPS) is 12.4. The van der Waals surface area contributed by atoms with Gasteiger partial charge in [-0.2, -0.15) is 5.10 Å². The van der Waals surface area contributed by atoms with Gasteiger partial charge in [-0.05, 0) is 5.92 Å². The molecule has 1 atom stereocenters. The molecule has 1 rings (SSSR count). The first-order chi connectivity index (χ1) is 8.40. The molecular formula is C10H16N4O4. The first-order valence-corrected chi connectivity index (χ1v) is 5.51. The van der Waals surface area contributed by atoms with Crippen LogP contribution in [0.5, 0.6) is 0 Å². The first kappa shape index (κ1) is 14.1. The molecule has 0 fully saturated rings. The van der Waals surface area contributed by atoms with Gasteiger partial charge < -0.3 is 10.4 Å². The molecule has 2 N–H and O–H groups in total. The third-order valence-electron chi connectivity index (χ3n) is 2.41. The zero-order valence-corrected chi connectivity index (χ0v) is 10.2. The van der Waals surface area contributed by atoms with Gasteiger partial charge in [0.15, 0.2) is 0 Å². The highest BCUT2D eigenvalue weighted by Gasteiger charge is 2.13. The average molecular weight is 256 g/mol. The third-order valence-corrected chi connectivity index (χ3v) is 2.41. The van der Waals surface area contributed by atoms with Crippen LogP contribution in [0.4, 0.5) is 5.69 Å². The van der Waals surface area contributed by atoms with E-state index in [1.165, 1.54) is 10.9 Å². The van der Waals surface area contributed by atoms with Crippen LogP contribution in [0.3, 0.4) is 0 Å². The van der Waals surface area contributed by atoms with Gasteiger partial charge >= 0.3 is 5.69 Å². The number of hydrogen-bond acceptors (Lipinski definition) is 5. The Balaban J connectivity index is 2.42. The van der Waals surface area contributed by atoms with Gasteiger partial charge in [-0.25, -0.2) is 0 Å². The van der Waals surface area contributed by atoms with E-state index in [2.05, 4.69) is 10.4 Å². The minimum absolute atomic E-state index is 0.0519.